The minimum Gasteiger partial charge on any atom is -0.379 e. The van der Waals surface area contributed by atoms with Gasteiger partial charge < -0.3 is 15.8 Å². The maximum absolute atomic E-state index is 5.96. The molecule has 2 aromatic rings. The first-order chi connectivity index (χ1) is 12.3. The Kier molecular flexibility index (Phi) is 8.86. The lowest BCUT2D eigenvalue weighted by Crippen LogP contribution is -2.39. The summed E-state index contributed by atoms with van der Waals surface area (Å²) < 4.78 is 7.18. The number of aliphatic imine (C=N–C) groups is 1. The fourth-order valence-corrected chi connectivity index (χ4v) is 2.80. The predicted octanol–water partition coefficient (Wildman–Crippen LogP) is 1.62. The number of ether oxygens (including phenoxy) is 1. The summed E-state index contributed by atoms with van der Waals surface area (Å²) in [5, 5.41) is 7.43. The van der Waals surface area contributed by atoms with Crippen LogP contribution in [0.15, 0.2) is 47.7 Å². The van der Waals surface area contributed by atoms with Crippen molar-refractivity contribution in [2.45, 2.75) is 13.0 Å². The quantitative estimate of drug-likeness (QED) is 0.278. The van der Waals surface area contributed by atoms with E-state index in [0.29, 0.717) is 12.5 Å². The number of benzene rings is 1. The molecule has 0 radical (unpaired) electrons. The molecule has 142 valence electrons. The van der Waals surface area contributed by atoms with Crippen molar-refractivity contribution in [3.8, 4) is 5.69 Å². The van der Waals surface area contributed by atoms with Crippen LogP contribution in [0.1, 0.15) is 12.0 Å². The van der Waals surface area contributed by atoms with Gasteiger partial charge in [0.05, 0.1) is 25.4 Å². The van der Waals surface area contributed by atoms with Crippen LogP contribution in [0.3, 0.4) is 0 Å². The molecule has 2 heterocycles. The van der Waals surface area contributed by atoms with E-state index in [9.17, 15) is 0 Å². The molecule has 1 aliphatic rings. The normalized spacial score (nSPS) is 15.5. The van der Waals surface area contributed by atoms with Crippen LogP contribution in [0.4, 0.5) is 0 Å². The van der Waals surface area contributed by atoms with Crippen LogP contribution in [-0.2, 0) is 11.3 Å². The Morgan fingerprint density at radius 2 is 2.12 bits per heavy atom. The Hall–Kier alpha value is -1.65. The van der Waals surface area contributed by atoms with E-state index in [1.165, 1.54) is 0 Å². The molecule has 3 N–H and O–H groups in total. The van der Waals surface area contributed by atoms with Gasteiger partial charge in [0.1, 0.15) is 0 Å². The summed E-state index contributed by atoms with van der Waals surface area (Å²) in [5.41, 5.74) is 8.09. The molecule has 0 saturated carbocycles. The molecule has 8 heteroatoms. The zero-order valence-electron chi connectivity index (χ0n) is 14.9. The van der Waals surface area contributed by atoms with Crippen molar-refractivity contribution in [2.75, 3.05) is 39.4 Å². The number of halogens is 1. The van der Waals surface area contributed by atoms with Crippen molar-refractivity contribution in [1.29, 1.82) is 0 Å². The summed E-state index contributed by atoms with van der Waals surface area (Å²) in [7, 11) is 0. The van der Waals surface area contributed by atoms with Crippen molar-refractivity contribution >= 4 is 29.9 Å². The van der Waals surface area contributed by atoms with E-state index in [-0.39, 0.29) is 24.0 Å². The van der Waals surface area contributed by atoms with E-state index in [1.807, 2.05) is 35.1 Å². The van der Waals surface area contributed by atoms with E-state index >= 15 is 0 Å². The van der Waals surface area contributed by atoms with Gasteiger partial charge >= 0.3 is 0 Å². The molecule has 0 spiro atoms. The van der Waals surface area contributed by atoms with Crippen LogP contribution in [0, 0.1) is 0 Å². The highest BCUT2D eigenvalue weighted by Crippen LogP contribution is 2.10. The van der Waals surface area contributed by atoms with Crippen molar-refractivity contribution in [1.82, 2.24) is 20.0 Å². The van der Waals surface area contributed by atoms with E-state index in [0.717, 1.165) is 57.1 Å². The number of nitrogens with two attached hydrogens (primary N) is 1. The molecule has 1 aromatic carbocycles. The molecule has 0 unspecified atom stereocenters. The Bertz CT molecular complexity index is 670. The SMILES string of the molecule is I.NC(=NCc1cccc(-n2cccn2)c1)NCCCN1CCOCC1. The van der Waals surface area contributed by atoms with Crippen LogP contribution in [0.25, 0.3) is 5.69 Å². The molecular formula is C18H27IN6O. The van der Waals surface area contributed by atoms with Gasteiger partial charge in [0, 0.05) is 32.0 Å². The van der Waals surface area contributed by atoms with Crippen LogP contribution >= 0.6 is 24.0 Å². The highest BCUT2D eigenvalue weighted by molar-refractivity contribution is 14.0. The smallest absolute Gasteiger partial charge is 0.188 e. The second-order valence-electron chi connectivity index (χ2n) is 6.06. The molecule has 1 saturated heterocycles. The Balaban J connectivity index is 0.00000243. The van der Waals surface area contributed by atoms with Gasteiger partial charge in [0.2, 0.25) is 0 Å². The third kappa shape index (κ3) is 6.58. The second-order valence-corrected chi connectivity index (χ2v) is 6.06. The summed E-state index contributed by atoms with van der Waals surface area (Å²) in [6.07, 6.45) is 4.74. The molecular weight excluding hydrogens is 443 g/mol. The van der Waals surface area contributed by atoms with Crippen LogP contribution in [-0.4, -0.2) is 60.0 Å². The number of nitrogens with one attached hydrogen (secondary N) is 1. The van der Waals surface area contributed by atoms with Crippen molar-refractivity contribution in [3.63, 3.8) is 0 Å². The number of rotatable bonds is 7. The zero-order valence-corrected chi connectivity index (χ0v) is 17.2. The van der Waals surface area contributed by atoms with Gasteiger partial charge in [0.15, 0.2) is 5.96 Å². The molecule has 1 aromatic heterocycles. The molecule has 0 amide bonds. The van der Waals surface area contributed by atoms with Crippen LogP contribution in [0.2, 0.25) is 0 Å². The first kappa shape index (κ1) is 20.7. The standard InChI is InChI=1S/C18H26N6O.HI/c19-18(20-6-2-8-23-10-12-25-13-11-23)21-15-16-4-1-5-17(14-16)24-9-3-7-22-24;/h1,3-5,7,9,14H,2,6,8,10-13,15H2,(H3,19,20,21);1H. The first-order valence-electron chi connectivity index (χ1n) is 8.74. The number of guanidine groups is 1. The van der Waals surface area contributed by atoms with Crippen molar-refractivity contribution in [3.05, 3.63) is 48.3 Å². The molecule has 7 nitrogen and oxygen atoms in total. The van der Waals surface area contributed by atoms with E-state index in [1.54, 1.807) is 6.20 Å². The minimum atomic E-state index is 0. The lowest BCUT2D eigenvalue weighted by Gasteiger charge is -2.26. The van der Waals surface area contributed by atoms with E-state index in [4.69, 9.17) is 10.5 Å². The summed E-state index contributed by atoms with van der Waals surface area (Å²) in [4.78, 5) is 6.84. The van der Waals surface area contributed by atoms with Gasteiger partial charge in [-0.1, -0.05) is 12.1 Å². The number of morpholine rings is 1. The highest BCUT2D eigenvalue weighted by atomic mass is 127. The Labute approximate surface area is 171 Å². The third-order valence-corrected chi connectivity index (χ3v) is 4.17. The molecule has 1 aliphatic heterocycles. The minimum absolute atomic E-state index is 0. The molecule has 26 heavy (non-hydrogen) atoms. The summed E-state index contributed by atoms with van der Waals surface area (Å²) >= 11 is 0. The zero-order chi connectivity index (χ0) is 17.3. The summed E-state index contributed by atoms with van der Waals surface area (Å²) in [5.74, 6) is 0.492. The predicted molar refractivity (Wildman–Crippen MR) is 114 cm³/mol. The van der Waals surface area contributed by atoms with Crippen molar-refractivity contribution < 1.29 is 4.74 Å². The van der Waals surface area contributed by atoms with Gasteiger partial charge in [-0.05, 0) is 36.7 Å². The van der Waals surface area contributed by atoms with Gasteiger partial charge in [-0.15, -0.1) is 24.0 Å². The molecule has 3 rings (SSSR count). The topological polar surface area (TPSA) is 80.7 Å². The highest BCUT2D eigenvalue weighted by Gasteiger charge is 2.09. The van der Waals surface area contributed by atoms with Crippen molar-refractivity contribution in [2.24, 2.45) is 10.7 Å². The van der Waals surface area contributed by atoms with Gasteiger partial charge in [-0.3, -0.25) is 4.90 Å². The fraction of sp³-hybridized carbons (Fsp3) is 0.444. The summed E-state index contributed by atoms with van der Waals surface area (Å²) in [6, 6.07) is 10.1. The van der Waals surface area contributed by atoms with E-state index in [2.05, 4.69) is 26.4 Å². The Morgan fingerprint density at radius 1 is 1.27 bits per heavy atom. The molecule has 1 fully saturated rings. The van der Waals surface area contributed by atoms with Gasteiger partial charge in [-0.25, -0.2) is 9.67 Å². The average Bonchev–Trinajstić information content (AvgIpc) is 3.19. The maximum atomic E-state index is 5.96. The van der Waals surface area contributed by atoms with Crippen LogP contribution < -0.4 is 11.1 Å². The molecule has 0 aliphatic carbocycles. The number of aromatic nitrogens is 2. The lowest BCUT2D eigenvalue weighted by molar-refractivity contribution is 0.0376. The van der Waals surface area contributed by atoms with Gasteiger partial charge in [-0.2, -0.15) is 5.10 Å². The summed E-state index contributed by atoms with van der Waals surface area (Å²) in [6.45, 7) is 6.18. The van der Waals surface area contributed by atoms with Gasteiger partial charge in [0.25, 0.3) is 0 Å². The Morgan fingerprint density at radius 3 is 2.88 bits per heavy atom. The van der Waals surface area contributed by atoms with E-state index < -0.39 is 0 Å². The molecule has 0 atom stereocenters. The third-order valence-electron chi connectivity index (χ3n) is 4.17. The van der Waals surface area contributed by atoms with Crippen LogP contribution in [0.5, 0.6) is 0 Å². The number of nitrogens with zero attached hydrogens (tertiary/aromatic N) is 4. The second kappa shape index (κ2) is 11.1. The maximum Gasteiger partial charge on any atom is 0.188 e. The lowest BCUT2D eigenvalue weighted by atomic mass is 10.2. The fourth-order valence-electron chi connectivity index (χ4n) is 2.80. The first-order valence-corrected chi connectivity index (χ1v) is 8.74. The average molecular weight is 470 g/mol. The number of hydrogen-bond acceptors (Lipinski definition) is 4. The number of hydrogen-bond donors (Lipinski definition) is 2. The molecule has 0 bridgehead atoms. The monoisotopic (exact) mass is 470 g/mol. The largest absolute Gasteiger partial charge is 0.379 e.